The zero-order valence-corrected chi connectivity index (χ0v) is 21.4. The number of benzene rings is 2. The maximum absolute atomic E-state index is 13.1. The predicted octanol–water partition coefficient (Wildman–Crippen LogP) is 4.10. The lowest BCUT2D eigenvalue weighted by Gasteiger charge is -2.10. The number of carboxylic acid groups (broad SMARTS) is 1. The molecule has 1 aromatic heterocycles. The number of guanidine groups is 1. The first kappa shape index (κ1) is 27.1. The fraction of sp³-hybridized carbons (Fsp3) is 0.160. The summed E-state index contributed by atoms with van der Waals surface area (Å²) < 4.78 is 10.7. The molecule has 3 rings (SSSR count). The van der Waals surface area contributed by atoms with E-state index in [9.17, 15) is 19.5 Å². The Kier molecular flexibility index (Phi) is 9.55. The number of halogens is 1. The molecule has 0 bridgehead atoms. The number of hydrogen-bond donors (Lipinski definition) is 4. The van der Waals surface area contributed by atoms with Gasteiger partial charge in [0.05, 0.1) is 5.33 Å². The van der Waals surface area contributed by atoms with Crippen molar-refractivity contribution in [3.05, 3.63) is 78.1 Å². The number of ether oxygens (including phenoxy) is 1. The van der Waals surface area contributed by atoms with Crippen LogP contribution in [-0.2, 0) is 11.3 Å². The molecular formula is C25H24BrN5O6. The minimum Gasteiger partial charge on any atom is -0.490 e. The third kappa shape index (κ3) is 7.77. The largest absolute Gasteiger partial charge is 0.490 e. The number of hydrogen-bond acceptors (Lipinski definition) is 6. The van der Waals surface area contributed by atoms with Crippen LogP contribution < -0.4 is 20.7 Å². The van der Waals surface area contributed by atoms with Crippen LogP contribution >= 0.6 is 15.9 Å². The van der Waals surface area contributed by atoms with Crippen molar-refractivity contribution in [1.29, 1.82) is 0 Å². The van der Waals surface area contributed by atoms with E-state index >= 15 is 0 Å². The maximum atomic E-state index is 13.1. The van der Waals surface area contributed by atoms with Gasteiger partial charge in [0.1, 0.15) is 29.4 Å². The van der Waals surface area contributed by atoms with Crippen LogP contribution in [-0.4, -0.2) is 46.1 Å². The van der Waals surface area contributed by atoms with Crippen molar-refractivity contribution < 1.29 is 28.8 Å². The minimum absolute atomic E-state index is 0.0955. The second kappa shape index (κ2) is 13.0. The average Bonchev–Trinajstić information content (AvgIpc) is 3.28. The molecule has 0 saturated carbocycles. The number of aryl methyl sites for hydroxylation is 1. The number of alkyl halides is 1. The SMILES string of the molecule is C=CCOc1ccc(-c2noc(C)c2C(=O)/N=C(/NCc2ccc(NC(=O)CBr)cc2)NC(=O)O)cc1. The first-order chi connectivity index (χ1) is 17.8. The smallest absolute Gasteiger partial charge is 0.411 e. The molecule has 0 spiro atoms. The lowest BCUT2D eigenvalue weighted by Crippen LogP contribution is -2.40. The second-order valence-corrected chi connectivity index (χ2v) is 8.08. The summed E-state index contributed by atoms with van der Waals surface area (Å²) in [5.74, 6) is -0.361. The highest BCUT2D eigenvalue weighted by Gasteiger charge is 2.22. The van der Waals surface area contributed by atoms with Gasteiger partial charge in [-0.1, -0.05) is 45.9 Å². The maximum Gasteiger partial charge on any atom is 0.411 e. The molecule has 11 nitrogen and oxygen atoms in total. The van der Waals surface area contributed by atoms with E-state index in [4.69, 9.17) is 9.26 Å². The number of carbonyl (C=O) groups is 3. The summed E-state index contributed by atoms with van der Waals surface area (Å²) in [4.78, 5) is 39.8. The van der Waals surface area contributed by atoms with Crippen molar-refractivity contribution in [2.24, 2.45) is 4.99 Å². The summed E-state index contributed by atoms with van der Waals surface area (Å²) in [6.45, 7) is 5.67. The van der Waals surface area contributed by atoms with Crippen LogP contribution in [0.4, 0.5) is 10.5 Å². The Labute approximate surface area is 220 Å². The standard InChI is InChI=1S/C25H24BrN5O6/c1-3-12-36-19-10-6-17(7-11-19)22-21(15(2)37-31-22)23(33)29-24(30-25(34)35)27-14-16-4-8-18(9-5-16)28-20(32)13-26/h3-11H,1,12-14H2,2H3,(H,28,32)(H,34,35)(H2,27,29,30,33). The van der Waals surface area contributed by atoms with Gasteiger partial charge in [0.15, 0.2) is 0 Å². The molecule has 12 heteroatoms. The summed E-state index contributed by atoms with van der Waals surface area (Å²) >= 11 is 3.08. The van der Waals surface area contributed by atoms with E-state index in [0.29, 0.717) is 23.6 Å². The molecule has 0 aliphatic heterocycles. The van der Waals surface area contributed by atoms with Gasteiger partial charge in [-0.3, -0.25) is 14.9 Å². The van der Waals surface area contributed by atoms with Crippen LogP contribution in [0.25, 0.3) is 11.3 Å². The molecule has 2 aromatic carbocycles. The van der Waals surface area contributed by atoms with Gasteiger partial charge in [-0.05, 0) is 48.9 Å². The Balaban J connectivity index is 1.78. The van der Waals surface area contributed by atoms with Crippen molar-refractivity contribution in [3.63, 3.8) is 0 Å². The highest BCUT2D eigenvalue weighted by molar-refractivity contribution is 9.09. The minimum atomic E-state index is -1.40. The van der Waals surface area contributed by atoms with Crippen LogP contribution in [0.1, 0.15) is 21.7 Å². The number of aromatic nitrogens is 1. The van der Waals surface area contributed by atoms with Crippen molar-refractivity contribution in [1.82, 2.24) is 15.8 Å². The average molecular weight is 570 g/mol. The molecule has 4 N–H and O–H groups in total. The third-order valence-corrected chi connectivity index (χ3v) is 5.34. The molecule has 0 atom stereocenters. The molecule has 0 saturated heterocycles. The lowest BCUT2D eigenvalue weighted by atomic mass is 10.1. The van der Waals surface area contributed by atoms with Crippen LogP contribution in [0.2, 0.25) is 0 Å². The fourth-order valence-corrected chi connectivity index (χ4v) is 3.28. The highest BCUT2D eigenvalue weighted by Crippen LogP contribution is 2.27. The zero-order valence-electron chi connectivity index (χ0n) is 19.8. The van der Waals surface area contributed by atoms with Gasteiger partial charge in [0, 0.05) is 17.8 Å². The predicted molar refractivity (Wildman–Crippen MR) is 141 cm³/mol. The number of aliphatic imine (C=N–C) groups is 1. The van der Waals surface area contributed by atoms with E-state index in [1.165, 1.54) is 0 Å². The van der Waals surface area contributed by atoms with E-state index in [-0.39, 0.29) is 40.8 Å². The van der Waals surface area contributed by atoms with Gasteiger partial charge >= 0.3 is 6.09 Å². The van der Waals surface area contributed by atoms with E-state index in [1.54, 1.807) is 61.5 Å². The molecule has 0 unspecified atom stereocenters. The Morgan fingerprint density at radius 2 is 1.86 bits per heavy atom. The molecule has 37 heavy (non-hydrogen) atoms. The van der Waals surface area contributed by atoms with Gasteiger partial charge < -0.3 is 25.0 Å². The number of carbonyl (C=O) groups excluding carboxylic acids is 2. The van der Waals surface area contributed by atoms with Gasteiger partial charge in [0.25, 0.3) is 5.91 Å². The summed E-state index contributed by atoms with van der Waals surface area (Å²) in [6.07, 6.45) is 0.227. The van der Waals surface area contributed by atoms with E-state index in [0.717, 1.165) is 5.56 Å². The molecule has 0 aliphatic rings. The number of anilines is 1. The molecule has 192 valence electrons. The van der Waals surface area contributed by atoms with Crippen molar-refractivity contribution in [2.75, 3.05) is 17.3 Å². The van der Waals surface area contributed by atoms with Gasteiger partial charge in [-0.15, -0.1) is 0 Å². The summed E-state index contributed by atoms with van der Waals surface area (Å²) in [6, 6.07) is 13.7. The summed E-state index contributed by atoms with van der Waals surface area (Å²) in [5.41, 5.74) is 2.31. The highest BCUT2D eigenvalue weighted by atomic mass is 79.9. The topological polar surface area (TPSA) is 155 Å². The first-order valence-electron chi connectivity index (χ1n) is 10.9. The van der Waals surface area contributed by atoms with Crippen LogP contribution in [0.15, 0.2) is 70.7 Å². The zero-order chi connectivity index (χ0) is 26.8. The first-order valence-corrected chi connectivity index (χ1v) is 12.0. The van der Waals surface area contributed by atoms with E-state index in [1.807, 2.05) is 0 Å². The molecule has 0 aliphatic carbocycles. The van der Waals surface area contributed by atoms with E-state index in [2.05, 4.69) is 48.6 Å². The Morgan fingerprint density at radius 3 is 2.49 bits per heavy atom. The van der Waals surface area contributed by atoms with Gasteiger partial charge in [0.2, 0.25) is 11.9 Å². The molecular weight excluding hydrogens is 546 g/mol. The third-order valence-electron chi connectivity index (χ3n) is 4.83. The quantitative estimate of drug-likeness (QED) is 0.130. The molecule has 0 fully saturated rings. The molecule has 1 heterocycles. The summed E-state index contributed by atoms with van der Waals surface area (Å²) in [5, 5.41) is 21.0. The number of rotatable bonds is 9. The molecule has 3 amide bonds. The Bertz CT molecular complexity index is 1300. The summed E-state index contributed by atoms with van der Waals surface area (Å²) in [7, 11) is 0. The van der Waals surface area contributed by atoms with E-state index < -0.39 is 12.0 Å². The number of amides is 3. The number of nitrogens with one attached hydrogen (secondary N) is 3. The van der Waals surface area contributed by atoms with Crippen LogP contribution in [0, 0.1) is 6.92 Å². The second-order valence-electron chi connectivity index (χ2n) is 7.51. The molecule has 3 aromatic rings. The van der Waals surface area contributed by atoms with Crippen molar-refractivity contribution in [2.45, 2.75) is 13.5 Å². The molecule has 0 radical (unpaired) electrons. The number of nitrogens with zero attached hydrogens (tertiary/aromatic N) is 2. The monoisotopic (exact) mass is 569 g/mol. The Morgan fingerprint density at radius 1 is 1.16 bits per heavy atom. The fourth-order valence-electron chi connectivity index (χ4n) is 3.14. The van der Waals surface area contributed by atoms with Gasteiger partial charge in [-0.2, -0.15) is 4.99 Å². The van der Waals surface area contributed by atoms with Crippen molar-refractivity contribution >= 4 is 45.5 Å². The van der Waals surface area contributed by atoms with Crippen LogP contribution in [0.5, 0.6) is 5.75 Å². The lowest BCUT2D eigenvalue weighted by molar-refractivity contribution is -0.113. The van der Waals surface area contributed by atoms with Gasteiger partial charge in [-0.25, -0.2) is 4.79 Å². The van der Waals surface area contributed by atoms with Crippen LogP contribution in [0.3, 0.4) is 0 Å². The van der Waals surface area contributed by atoms with Crippen molar-refractivity contribution in [3.8, 4) is 17.0 Å². The normalized spacial score (nSPS) is 10.9. The Hall–Kier alpha value is -4.45.